The summed E-state index contributed by atoms with van der Waals surface area (Å²) in [6.07, 6.45) is 0.984. The van der Waals surface area contributed by atoms with Crippen LogP contribution in [0, 0.1) is 13.8 Å². The Morgan fingerprint density at radius 1 is 1.17 bits per heavy atom. The Balaban J connectivity index is 1.59. The molecule has 182 valence electrons. The maximum atomic E-state index is 13.2. The molecule has 0 aliphatic carbocycles. The number of aromatic nitrogens is 2. The van der Waals surface area contributed by atoms with Gasteiger partial charge in [-0.2, -0.15) is 0 Å². The van der Waals surface area contributed by atoms with Crippen molar-refractivity contribution in [1.82, 2.24) is 14.9 Å². The SMILES string of the molecule is C=CCOCC(O)CN(Cc1ccccc1)Cc1nc2scc(-c3ccc(C)c(C)c3)c2c(=O)[nH]1. The molecule has 4 aromatic rings. The minimum Gasteiger partial charge on any atom is -0.389 e. The number of aliphatic hydroxyl groups is 1. The predicted octanol–water partition coefficient (Wildman–Crippen LogP) is 4.83. The van der Waals surface area contributed by atoms with E-state index in [2.05, 4.69) is 48.5 Å². The van der Waals surface area contributed by atoms with E-state index in [-0.39, 0.29) is 12.2 Å². The van der Waals surface area contributed by atoms with Gasteiger partial charge < -0.3 is 14.8 Å². The number of aliphatic hydroxyl groups excluding tert-OH is 1. The van der Waals surface area contributed by atoms with E-state index < -0.39 is 6.10 Å². The van der Waals surface area contributed by atoms with Gasteiger partial charge in [-0.05, 0) is 36.1 Å². The monoisotopic (exact) mass is 489 g/mol. The normalized spacial score (nSPS) is 12.3. The molecule has 0 amide bonds. The van der Waals surface area contributed by atoms with Crippen LogP contribution in [0.25, 0.3) is 21.3 Å². The number of hydrogen-bond donors (Lipinski definition) is 2. The van der Waals surface area contributed by atoms with Crippen molar-refractivity contribution >= 4 is 21.6 Å². The van der Waals surface area contributed by atoms with Crippen LogP contribution in [0.1, 0.15) is 22.5 Å². The number of nitrogens with one attached hydrogen (secondary N) is 1. The summed E-state index contributed by atoms with van der Waals surface area (Å²) in [4.78, 5) is 23.7. The summed E-state index contributed by atoms with van der Waals surface area (Å²) in [6, 6.07) is 16.3. The van der Waals surface area contributed by atoms with E-state index in [0.29, 0.717) is 42.3 Å². The van der Waals surface area contributed by atoms with Crippen LogP contribution in [-0.4, -0.2) is 45.8 Å². The van der Waals surface area contributed by atoms with E-state index >= 15 is 0 Å². The maximum absolute atomic E-state index is 13.2. The number of aromatic amines is 1. The molecule has 1 unspecified atom stereocenters. The Labute approximate surface area is 209 Å². The number of nitrogens with zero attached hydrogens (tertiary/aromatic N) is 2. The summed E-state index contributed by atoms with van der Waals surface area (Å²) in [5.74, 6) is 0.575. The van der Waals surface area contributed by atoms with Crippen molar-refractivity contribution in [3.8, 4) is 11.1 Å². The number of benzene rings is 2. The van der Waals surface area contributed by atoms with Crippen molar-refractivity contribution in [2.75, 3.05) is 19.8 Å². The second-order valence-corrected chi connectivity index (χ2v) is 9.63. The van der Waals surface area contributed by atoms with Gasteiger partial charge in [-0.3, -0.25) is 9.69 Å². The lowest BCUT2D eigenvalue weighted by molar-refractivity contribution is 0.0223. The molecule has 0 fully saturated rings. The average Bonchev–Trinajstić information content (AvgIpc) is 3.26. The van der Waals surface area contributed by atoms with Gasteiger partial charge in [0.25, 0.3) is 5.56 Å². The van der Waals surface area contributed by atoms with Crippen LogP contribution in [0.3, 0.4) is 0 Å². The first-order valence-corrected chi connectivity index (χ1v) is 12.5. The van der Waals surface area contributed by atoms with Crippen molar-refractivity contribution in [2.45, 2.75) is 33.0 Å². The highest BCUT2D eigenvalue weighted by atomic mass is 32.1. The molecule has 0 aliphatic rings. The van der Waals surface area contributed by atoms with Gasteiger partial charge in [0.2, 0.25) is 0 Å². The van der Waals surface area contributed by atoms with Gasteiger partial charge >= 0.3 is 0 Å². The van der Waals surface area contributed by atoms with Gasteiger partial charge in [-0.15, -0.1) is 17.9 Å². The first-order chi connectivity index (χ1) is 16.9. The minimum absolute atomic E-state index is 0.144. The Morgan fingerprint density at radius 2 is 1.97 bits per heavy atom. The van der Waals surface area contributed by atoms with Crippen LogP contribution in [0.5, 0.6) is 0 Å². The number of aryl methyl sites for hydroxylation is 2. The summed E-state index contributed by atoms with van der Waals surface area (Å²) in [6.45, 7) is 9.78. The molecule has 0 bridgehead atoms. The van der Waals surface area contributed by atoms with Crippen molar-refractivity contribution in [3.63, 3.8) is 0 Å². The van der Waals surface area contributed by atoms with Gasteiger partial charge in [-0.25, -0.2) is 4.98 Å². The zero-order valence-electron chi connectivity index (χ0n) is 20.2. The molecule has 0 saturated carbocycles. The fourth-order valence-corrected chi connectivity index (χ4v) is 5.03. The smallest absolute Gasteiger partial charge is 0.260 e. The first-order valence-electron chi connectivity index (χ1n) is 11.7. The summed E-state index contributed by atoms with van der Waals surface area (Å²) in [5.41, 5.74) is 5.31. The van der Waals surface area contributed by atoms with Gasteiger partial charge in [0.1, 0.15) is 10.7 Å². The second-order valence-electron chi connectivity index (χ2n) is 8.78. The van der Waals surface area contributed by atoms with E-state index in [1.54, 1.807) is 6.08 Å². The molecule has 2 N–H and O–H groups in total. The van der Waals surface area contributed by atoms with Crippen LogP contribution in [-0.2, 0) is 17.8 Å². The fraction of sp³-hybridized carbons (Fsp3) is 0.286. The Hall–Kier alpha value is -3.10. The first kappa shape index (κ1) is 25.0. The summed E-state index contributed by atoms with van der Waals surface area (Å²) in [5, 5.41) is 13.1. The molecule has 0 saturated heterocycles. The van der Waals surface area contributed by atoms with Crippen molar-refractivity contribution < 1.29 is 9.84 Å². The highest BCUT2D eigenvalue weighted by molar-refractivity contribution is 7.17. The molecular formula is C28H31N3O3S. The molecule has 35 heavy (non-hydrogen) atoms. The fourth-order valence-electron chi connectivity index (χ4n) is 4.07. The molecule has 6 nitrogen and oxygen atoms in total. The number of rotatable bonds is 11. The van der Waals surface area contributed by atoms with Gasteiger partial charge in [0.15, 0.2) is 0 Å². The zero-order chi connectivity index (χ0) is 24.8. The molecule has 4 rings (SSSR count). The maximum Gasteiger partial charge on any atom is 0.260 e. The highest BCUT2D eigenvalue weighted by Crippen LogP contribution is 2.31. The molecule has 7 heteroatoms. The molecule has 1 atom stereocenters. The lowest BCUT2D eigenvalue weighted by Crippen LogP contribution is -2.35. The molecule has 0 aliphatic heterocycles. The molecule has 2 aromatic carbocycles. The third-order valence-electron chi connectivity index (χ3n) is 5.95. The Kier molecular flexibility index (Phi) is 8.25. The van der Waals surface area contributed by atoms with Crippen LogP contribution >= 0.6 is 11.3 Å². The average molecular weight is 490 g/mol. The third-order valence-corrected chi connectivity index (χ3v) is 6.82. The van der Waals surface area contributed by atoms with Gasteiger partial charge in [-0.1, -0.05) is 54.6 Å². The quantitative estimate of drug-likeness (QED) is 0.233. The Bertz CT molecular complexity index is 1350. The van der Waals surface area contributed by atoms with Crippen molar-refractivity contribution in [2.24, 2.45) is 0 Å². The molecule has 0 spiro atoms. The zero-order valence-corrected chi connectivity index (χ0v) is 21.0. The predicted molar refractivity (Wildman–Crippen MR) is 143 cm³/mol. The standard InChI is InChI=1S/C28H31N3O3S/c1-4-12-34-17-23(32)15-31(14-21-8-6-5-7-9-21)16-25-29-27(33)26-24(18-35-28(26)30-25)22-11-10-19(2)20(3)13-22/h4-11,13,18,23,32H,1,12,14-17H2,2-3H3,(H,29,30,33). The molecule has 0 radical (unpaired) electrons. The topological polar surface area (TPSA) is 78.5 Å². The van der Waals surface area contributed by atoms with E-state index in [9.17, 15) is 9.90 Å². The highest BCUT2D eigenvalue weighted by Gasteiger charge is 2.17. The number of hydrogen-bond acceptors (Lipinski definition) is 6. The van der Waals surface area contributed by atoms with Crippen LogP contribution < -0.4 is 5.56 Å². The van der Waals surface area contributed by atoms with Gasteiger partial charge in [0, 0.05) is 24.0 Å². The van der Waals surface area contributed by atoms with Crippen molar-refractivity contribution in [1.29, 1.82) is 0 Å². The lowest BCUT2D eigenvalue weighted by Gasteiger charge is -2.24. The second kappa shape index (κ2) is 11.6. The lowest BCUT2D eigenvalue weighted by atomic mass is 10.0. The summed E-state index contributed by atoms with van der Waals surface area (Å²) >= 11 is 1.48. The minimum atomic E-state index is -0.674. The number of H-pyrrole nitrogens is 1. The largest absolute Gasteiger partial charge is 0.389 e. The molecule has 2 aromatic heterocycles. The van der Waals surface area contributed by atoms with Crippen LogP contribution in [0.2, 0.25) is 0 Å². The number of fused-ring (bicyclic) bond motifs is 1. The van der Waals surface area contributed by atoms with E-state index in [1.165, 1.54) is 22.5 Å². The summed E-state index contributed by atoms with van der Waals surface area (Å²) in [7, 11) is 0. The molecular weight excluding hydrogens is 458 g/mol. The Morgan fingerprint density at radius 3 is 2.71 bits per heavy atom. The van der Waals surface area contributed by atoms with Crippen LogP contribution in [0.4, 0.5) is 0 Å². The number of thiophene rings is 1. The summed E-state index contributed by atoms with van der Waals surface area (Å²) < 4.78 is 5.42. The number of ether oxygens (including phenoxy) is 1. The van der Waals surface area contributed by atoms with Crippen LogP contribution in [0.15, 0.2) is 71.4 Å². The molecule has 2 heterocycles. The van der Waals surface area contributed by atoms with Crippen molar-refractivity contribution in [3.05, 3.63) is 99.4 Å². The van der Waals surface area contributed by atoms with E-state index in [0.717, 1.165) is 16.7 Å². The van der Waals surface area contributed by atoms with Gasteiger partial charge in [0.05, 0.1) is 31.2 Å². The van der Waals surface area contributed by atoms with E-state index in [1.807, 2.05) is 35.7 Å². The van der Waals surface area contributed by atoms with E-state index in [4.69, 9.17) is 9.72 Å². The third kappa shape index (κ3) is 6.32.